The number of halogens is 3. The molecule has 0 fully saturated rings. The summed E-state index contributed by atoms with van der Waals surface area (Å²) < 4.78 is 37.1. The van der Waals surface area contributed by atoms with Gasteiger partial charge in [-0.1, -0.05) is 31.2 Å². The molecule has 0 aliphatic carbocycles. The Hall–Kier alpha value is -1.52. The van der Waals surface area contributed by atoms with E-state index in [4.69, 9.17) is 5.11 Å². The molecule has 0 aliphatic rings. The third-order valence-electron chi connectivity index (χ3n) is 2.95. The number of rotatable bonds is 4. The Bertz CT molecular complexity index is 409. The third-order valence-corrected chi connectivity index (χ3v) is 2.95. The number of benzene rings is 1. The fourth-order valence-electron chi connectivity index (χ4n) is 1.55. The number of hydrogen-bond acceptors (Lipinski definition) is 1. The average Bonchev–Trinajstić information content (AvgIpc) is 2.27. The molecule has 100 valence electrons. The molecule has 18 heavy (non-hydrogen) atoms. The summed E-state index contributed by atoms with van der Waals surface area (Å²) in [4.78, 5) is 10.7. The fourth-order valence-corrected chi connectivity index (χ4v) is 1.55. The highest BCUT2D eigenvalue weighted by atomic mass is 19.4. The van der Waals surface area contributed by atoms with Gasteiger partial charge in [0, 0.05) is 0 Å². The normalized spacial score (nSPS) is 15.2. The van der Waals surface area contributed by atoms with E-state index in [1.807, 2.05) is 0 Å². The average molecular weight is 260 g/mol. The van der Waals surface area contributed by atoms with Crippen LogP contribution in [0.15, 0.2) is 24.3 Å². The van der Waals surface area contributed by atoms with Gasteiger partial charge >= 0.3 is 12.1 Å². The Morgan fingerprint density at radius 3 is 2.11 bits per heavy atom. The van der Waals surface area contributed by atoms with Crippen molar-refractivity contribution in [2.24, 2.45) is 5.92 Å². The molecule has 1 aromatic carbocycles. The standard InChI is InChI=1S/C13H15F3O2/c1-8(13(14,15)16)7-10-3-5-11(6-4-10)9(2)12(17)18/h3-6,8-9H,7H2,1-2H3,(H,17,18). The van der Waals surface area contributed by atoms with Gasteiger partial charge in [-0.05, 0) is 24.5 Å². The molecule has 5 heteroatoms. The molecule has 0 radical (unpaired) electrons. The summed E-state index contributed by atoms with van der Waals surface area (Å²) in [6.45, 7) is 2.67. The van der Waals surface area contributed by atoms with Gasteiger partial charge < -0.3 is 5.11 Å². The molecule has 0 saturated carbocycles. The number of hydrogen-bond donors (Lipinski definition) is 1. The van der Waals surface area contributed by atoms with E-state index in [1.165, 1.54) is 6.92 Å². The van der Waals surface area contributed by atoms with Crippen molar-refractivity contribution in [3.63, 3.8) is 0 Å². The van der Waals surface area contributed by atoms with Gasteiger partial charge in [-0.2, -0.15) is 13.2 Å². The van der Waals surface area contributed by atoms with Crippen LogP contribution in [0.1, 0.15) is 30.9 Å². The molecule has 1 aromatic rings. The number of aliphatic carboxylic acids is 1. The van der Waals surface area contributed by atoms with E-state index < -0.39 is 24.0 Å². The first-order valence-corrected chi connectivity index (χ1v) is 5.60. The zero-order valence-electron chi connectivity index (χ0n) is 10.2. The van der Waals surface area contributed by atoms with E-state index in [-0.39, 0.29) is 6.42 Å². The predicted molar refractivity (Wildman–Crippen MR) is 61.4 cm³/mol. The minimum absolute atomic E-state index is 0.0920. The minimum atomic E-state index is -4.20. The lowest BCUT2D eigenvalue weighted by atomic mass is 9.96. The first-order chi connectivity index (χ1) is 8.21. The molecule has 2 unspecified atom stereocenters. The lowest BCUT2D eigenvalue weighted by Gasteiger charge is -2.15. The molecule has 0 spiro atoms. The van der Waals surface area contributed by atoms with Gasteiger partial charge in [-0.25, -0.2) is 0 Å². The largest absolute Gasteiger partial charge is 0.481 e. The zero-order chi connectivity index (χ0) is 13.9. The summed E-state index contributed by atoms with van der Waals surface area (Å²) in [6, 6.07) is 6.24. The first-order valence-electron chi connectivity index (χ1n) is 5.60. The summed E-state index contributed by atoms with van der Waals surface area (Å²) in [7, 11) is 0. The second-order valence-corrected chi connectivity index (χ2v) is 4.45. The van der Waals surface area contributed by atoms with Gasteiger partial charge in [0.25, 0.3) is 0 Å². The van der Waals surface area contributed by atoms with Crippen molar-refractivity contribution in [3.05, 3.63) is 35.4 Å². The molecule has 0 bridgehead atoms. The van der Waals surface area contributed by atoms with Crippen LogP contribution in [-0.4, -0.2) is 17.3 Å². The van der Waals surface area contributed by atoms with E-state index in [2.05, 4.69) is 0 Å². The van der Waals surface area contributed by atoms with E-state index in [0.717, 1.165) is 6.92 Å². The second kappa shape index (κ2) is 5.42. The molecule has 0 aromatic heterocycles. The SMILES string of the molecule is CC(C(=O)O)c1ccc(CC(C)C(F)(F)F)cc1. The van der Waals surface area contributed by atoms with Crippen molar-refractivity contribution in [2.75, 3.05) is 0 Å². The molecule has 2 atom stereocenters. The Labute approximate surface area is 103 Å². The summed E-state index contributed by atoms with van der Waals surface area (Å²) >= 11 is 0. The first kappa shape index (κ1) is 14.5. The second-order valence-electron chi connectivity index (χ2n) is 4.45. The summed E-state index contributed by atoms with van der Waals surface area (Å²) in [5, 5.41) is 8.81. The van der Waals surface area contributed by atoms with Crippen LogP contribution in [0, 0.1) is 5.92 Å². The Morgan fingerprint density at radius 2 is 1.72 bits per heavy atom. The highest BCUT2D eigenvalue weighted by molar-refractivity contribution is 5.75. The molecular formula is C13H15F3O2. The lowest BCUT2D eigenvalue weighted by molar-refractivity contribution is -0.169. The molecule has 1 N–H and O–H groups in total. The van der Waals surface area contributed by atoms with Gasteiger partial charge in [0.1, 0.15) is 0 Å². The van der Waals surface area contributed by atoms with Crippen molar-refractivity contribution in [1.29, 1.82) is 0 Å². The molecule has 2 nitrogen and oxygen atoms in total. The predicted octanol–water partition coefficient (Wildman–Crippen LogP) is 3.62. The maximum Gasteiger partial charge on any atom is 0.391 e. The summed E-state index contributed by atoms with van der Waals surface area (Å²) in [5.74, 6) is -3.01. The van der Waals surface area contributed by atoms with Crippen LogP contribution in [0.4, 0.5) is 13.2 Å². The van der Waals surface area contributed by atoms with Crippen LogP contribution in [-0.2, 0) is 11.2 Å². The summed E-state index contributed by atoms with van der Waals surface area (Å²) in [5.41, 5.74) is 1.15. The molecular weight excluding hydrogens is 245 g/mol. The van der Waals surface area contributed by atoms with Crippen molar-refractivity contribution < 1.29 is 23.1 Å². The van der Waals surface area contributed by atoms with Crippen molar-refractivity contribution in [3.8, 4) is 0 Å². The molecule has 1 rings (SSSR count). The fraction of sp³-hybridized carbons (Fsp3) is 0.462. The Kier molecular flexibility index (Phi) is 4.38. The smallest absolute Gasteiger partial charge is 0.391 e. The van der Waals surface area contributed by atoms with E-state index >= 15 is 0 Å². The molecule has 0 saturated heterocycles. The van der Waals surface area contributed by atoms with Crippen molar-refractivity contribution in [2.45, 2.75) is 32.4 Å². The Balaban J connectivity index is 2.75. The van der Waals surface area contributed by atoms with Crippen LogP contribution in [0.3, 0.4) is 0 Å². The van der Waals surface area contributed by atoms with Crippen LogP contribution in [0.25, 0.3) is 0 Å². The molecule has 0 heterocycles. The van der Waals surface area contributed by atoms with Crippen molar-refractivity contribution in [1.82, 2.24) is 0 Å². The van der Waals surface area contributed by atoms with Crippen LogP contribution in [0.2, 0.25) is 0 Å². The van der Waals surface area contributed by atoms with Gasteiger partial charge in [0.15, 0.2) is 0 Å². The van der Waals surface area contributed by atoms with Crippen LogP contribution < -0.4 is 0 Å². The minimum Gasteiger partial charge on any atom is -0.481 e. The zero-order valence-corrected chi connectivity index (χ0v) is 10.2. The highest BCUT2D eigenvalue weighted by Crippen LogP contribution is 2.29. The van der Waals surface area contributed by atoms with E-state index in [1.54, 1.807) is 24.3 Å². The maximum absolute atomic E-state index is 12.4. The number of carboxylic acids is 1. The maximum atomic E-state index is 12.4. The monoisotopic (exact) mass is 260 g/mol. The third kappa shape index (κ3) is 3.75. The molecule has 0 amide bonds. The van der Waals surface area contributed by atoms with Crippen molar-refractivity contribution >= 4 is 5.97 Å². The topological polar surface area (TPSA) is 37.3 Å². The Morgan fingerprint density at radius 1 is 1.22 bits per heavy atom. The van der Waals surface area contributed by atoms with Crippen LogP contribution in [0.5, 0.6) is 0 Å². The van der Waals surface area contributed by atoms with E-state index in [0.29, 0.717) is 11.1 Å². The van der Waals surface area contributed by atoms with Gasteiger partial charge in [0.2, 0.25) is 0 Å². The quantitative estimate of drug-likeness (QED) is 0.897. The summed E-state index contributed by atoms with van der Waals surface area (Å²) in [6.07, 6.45) is -4.29. The van der Waals surface area contributed by atoms with Gasteiger partial charge in [0.05, 0.1) is 11.8 Å². The van der Waals surface area contributed by atoms with Crippen LogP contribution >= 0.6 is 0 Å². The van der Waals surface area contributed by atoms with Gasteiger partial charge in [-0.3, -0.25) is 4.79 Å². The number of carbonyl (C=O) groups is 1. The number of alkyl halides is 3. The van der Waals surface area contributed by atoms with Gasteiger partial charge in [-0.15, -0.1) is 0 Å². The van der Waals surface area contributed by atoms with E-state index in [9.17, 15) is 18.0 Å². The highest BCUT2D eigenvalue weighted by Gasteiger charge is 2.35. The number of carboxylic acid groups (broad SMARTS) is 1. The molecule has 0 aliphatic heterocycles. The lowest BCUT2D eigenvalue weighted by Crippen LogP contribution is -2.21.